The second kappa shape index (κ2) is 6.10. The molecule has 0 heterocycles. The highest BCUT2D eigenvalue weighted by Crippen LogP contribution is 2.40. The molecule has 1 aliphatic rings. The Kier molecular flexibility index (Phi) is 4.48. The fourth-order valence-electron chi connectivity index (χ4n) is 2.64. The van der Waals surface area contributed by atoms with Crippen molar-refractivity contribution in [3.8, 4) is 5.75 Å². The zero-order valence-electron chi connectivity index (χ0n) is 11.5. The number of hydrogen-bond donors (Lipinski definition) is 2. The molecule has 100 valence electrons. The molecular formula is C15H24N2O. The van der Waals surface area contributed by atoms with Crippen molar-refractivity contribution in [1.82, 2.24) is 5.32 Å². The molecule has 1 aromatic rings. The molecule has 0 atom stereocenters. The summed E-state index contributed by atoms with van der Waals surface area (Å²) in [5.41, 5.74) is 1.55. The summed E-state index contributed by atoms with van der Waals surface area (Å²) in [4.78, 5) is 0. The molecule has 3 heteroatoms. The molecule has 1 aromatic carbocycles. The minimum atomic E-state index is 0.439. The summed E-state index contributed by atoms with van der Waals surface area (Å²) in [6, 6.07) is 8.19. The predicted octanol–water partition coefficient (Wildman–Crippen LogP) is 2.89. The Labute approximate surface area is 110 Å². The first-order valence-corrected chi connectivity index (χ1v) is 6.90. The summed E-state index contributed by atoms with van der Waals surface area (Å²) >= 11 is 0. The van der Waals surface area contributed by atoms with Gasteiger partial charge in [0.2, 0.25) is 0 Å². The molecule has 2 N–H and O–H groups in total. The Balaban J connectivity index is 1.96. The molecule has 0 aromatic heterocycles. The van der Waals surface area contributed by atoms with Gasteiger partial charge in [0.05, 0.1) is 12.3 Å². The lowest BCUT2D eigenvalue weighted by atomic mass is 9.68. The van der Waals surface area contributed by atoms with Crippen molar-refractivity contribution in [3.63, 3.8) is 0 Å². The Morgan fingerprint density at radius 1 is 1.22 bits per heavy atom. The first-order chi connectivity index (χ1) is 8.79. The van der Waals surface area contributed by atoms with Crippen LogP contribution < -0.4 is 15.4 Å². The van der Waals surface area contributed by atoms with E-state index in [0.29, 0.717) is 12.0 Å². The molecule has 0 bridgehead atoms. The largest absolute Gasteiger partial charge is 0.492 e. The predicted molar refractivity (Wildman–Crippen MR) is 76.3 cm³/mol. The second-order valence-corrected chi connectivity index (χ2v) is 5.17. The van der Waals surface area contributed by atoms with Crippen LogP contribution in [0.1, 0.15) is 26.2 Å². The minimum absolute atomic E-state index is 0.439. The Bertz CT molecular complexity index is 375. The first-order valence-electron chi connectivity index (χ1n) is 6.90. The molecule has 0 radical (unpaired) electrons. The van der Waals surface area contributed by atoms with Gasteiger partial charge in [-0.05, 0) is 38.9 Å². The third kappa shape index (κ3) is 2.96. The van der Waals surface area contributed by atoms with Crippen molar-refractivity contribution >= 4 is 5.69 Å². The van der Waals surface area contributed by atoms with E-state index < -0.39 is 0 Å². The summed E-state index contributed by atoms with van der Waals surface area (Å²) < 4.78 is 5.64. The van der Waals surface area contributed by atoms with Crippen LogP contribution in [-0.2, 0) is 0 Å². The maximum atomic E-state index is 5.64. The van der Waals surface area contributed by atoms with E-state index in [-0.39, 0.29) is 0 Å². The van der Waals surface area contributed by atoms with E-state index in [1.165, 1.54) is 19.3 Å². The molecule has 3 nitrogen and oxygen atoms in total. The van der Waals surface area contributed by atoms with Crippen LogP contribution in [0.4, 0.5) is 5.69 Å². The Morgan fingerprint density at radius 2 is 2.00 bits per heavy atom. The summed E-state index contributed by atoms with van der Waals surface area (Å²) in [7, 11) is 2.04. The third-order valence-corrected chi connectivity index (χ3v) is 3.81. The summed E-state index contributed by atoms with van der Waals surface area (Å²) in [5, 5.41) is 6.88. The van der Waals surface area contributed by atoms with E-state index in [2.05, 4.69) is 22.8 Å². The molecule has 0 amide bonds. The van der Waals surface area contributed by atoms with Gasteiger partial charge >= 0.3 is 0 Å². The van der Waals surface area contributed by atoms with E-state index in [4.69, 9.17) is 4.74 Å². The van der Waals surface area contributed by atoms with Gasteiger partial charge in [0, 0.05) is 18.5 Å². The molecule has 18 heavy (non-hydrogen) atoms. The van der Waals surface area contributed by atoms with Gasteiger partial charge in [-0.25, -0.2) is 0 Å². The quantitative estimate of drug-likeness (QED) is 0.778. The monoisotopic (exact) mass is 248 g/mol. The number of hydrogen-bond acceptors (Lipinski definition) is 3. The highest BCUT2D eigenvalue weighted by molar-refractivity contribution is 5.56. The number of nitrogens with one attached hydrogen (secondary N) is 2. The Hall–Kier alpha value is -1.22. The molecular weight excluding hydrogens is 224 g/mol. The topological polar surface area (TPSA) is 33.3 Å². The van der Waals surface area contributed by atoms with Gasteiger partial charge in [-0.15, -0.1) is 0 Å². The standard InChI is InChI=1S/C15H24N2O/c1-3-18-14-8-5-4-7-13(14)17-12-15(11-16-2)9-6-10-15/h4-5,7-8,16-17H,3,6,9-12H2,1-2H3. The Morgan fingerprint density at radius 3 is 2.61 bits per heavy atom. The first kappa shape index (κ1) is 13.2. The van der Waals surface area contributed by atoms with Crippen LogP contribution in [0.3, 0.4) is 0 Å². The van der Waals surface area contributed by atoms with Crippen molar-refractivity contribution < 1.29 is 4.74 Å². The number of benzene rings is 1. The lowest BCUT2D eigenvalue weighted by Gasteiger charge is -2.42. The molecule has 0 spiro atoms. The van der Waals surface area contributed by atoms with E-state index in [1.807, 2.05) is 26.1 Å². The fraction of sp³-hybridized carbons (Fsp3) is 0.600. The average molecular weight is 248 g/mol. The van der Waals surface area contributed by atoms with E-state index in [9.17, 15) is 0 Å². The van der Waals surface area contributed by atoms with Crippen LogP contribution in [0, 0.1) is 5.41 Å². The smallest absolute Gasteiger partial charge is 0.142 e. The maximum absolute atomic E-state index is 5.64. The van der Waals surface area contributed by atoms with Gasteiger partial charge in [-0.1, -0.05) is 18.6 Å². The third-order valence-electron chi connectivity index (χ3n) is 3.81. The van der Waals surface area contributed by atoms with Crippen LogP contribution in [-0.4, -0.2) is 26.7 Å². The number of anilines is 1. The van der Waals surface area contributed by atoms with Crippen molar-refractivity contribution in [3.05, 3.63) is 24.3 Å². The van der Waals surface area contributed by atoms with Crippen LogP contribution >= 0.6 is 0 Å². The lowest BCUT2D eigenvalue weighted by molar-refractivity contribution is 0.151. The van der Waals surface area contributed by atoms with Crippen molar-refractivity contribution in [2.45, 2.75) is 26.2 Å². The van der Waals surface area contributed by atoms with E-state index in [1.54, 1.807) is 0 Å². The van der Waals surface area contributed by atoms with Gasteiger partial charge < -0.3 is 15.4 Å². The average Bonchev–Trinajstić information content (AvgIpc) is 2.34. The van der Waals surface area contributed by atoms with E-state index in [0.717, 1.165) is 24.5 Å². The second-order valence-electron chi connectivity index (χ2n) is 5.17. The molecule has 1 fully saturated rings. The minimum Gasteiger partial charge on any atom is -0.492 e. The van der Waals surface area contributed by atoms with Crippen LogP contribution in [0.5, 0.6) is 5.75 Å². The van der Waals surface area contributed by atoms with Crippen LogP contribution in [0.2, 0.25) is 0 Å². The highest BCUT2D eigenvalue weighted by atomic mass is 16.5. The molecule has 0 unspecified atom stereocenters. The number of para-hydroxylation sites is 2. The molecule has 0 aliphatic heterocycles. The summed E-state index contributed by atoms with van der Waals surface area (Å²) in [6.45, 7) is 4.85. The zero-order chi connectivity index (χ0) is 12.8. The van der Waals surface area contributed by atoms with Gasteiger partial charge in [0.1, 0.15) is 5.75 Å². The highest BCUT2D eigenvalue weighted by Gasteiger charge is 2.36. The molecule has 2 rings (SSSR count). The lowest BCUT2D eigenvalue weighted by Crippen LogP contribution is -2.44. The maximum Gasteiger partial charge on any atom is 0.142 e. The number of ether oxygens (including phenoxy) is 1. The molecule has 1 aliphatic carbocycles. The van der Waals surface area contributed by atoms with E-state index >= 15 is 0 Å². The molecule has 1 saturated carbocycles. The SMILES string of the molecule is CCOc1ccccc1NCC1(CNC)CCC1. The zero-order valence-corrected chi connectivity index (χ0v) is 11.5. The summed E-state index contributed by atoms with van der Waals surface area (Å²) in [5.74, 6) is 0.957. The van der Waals surface area contributed by atoms with Crippen molar-refractivity contribution in [2.24, 2.45) is 5.41 Å². The van der Waals surface area contributed by atoms with Gasteiger partial charge in [-0.3, -0.25) is 0 Å². The molecule has 0 saturated heterocycles. The van der Waals surface area contributed by atoms with Crippen molar-refractivity contribution in [1.29, 1.82) is 0 Å². The van der Waals surface area contributed by atoms with Gasteiger partial charge in [0.15, 0.2) is 0 Å². The van der Waals surface area contributed by atoms with Crippen LogP contribution in [0.25, 0.3) is 0 Å². The van der Waals surface area contributed by atoms with Gasteiger partial charge in [0.25, 0.3) is 0 Å². The van der Waals surface area contributed by atoms with Gasteiger partial charge in [-0.2, -0.15) is 0 Å². The summed E-state index contributed by atoms with van der Waals surface area (Å²) in [6.07, 6.45) is 3.99. The normalized spacial score (nSPS) is 17.0. The van der Waals surface area contributed by atoms with Crippen molar-refractivity contribution in [2.75, 3.05) is 32.1 Å². The van der Waals surface area contributed by atoms with Crippen LogP contribution in [0.15, 0.2) is 24.3 Å². The number of rotatable bonds is 7. The fourth-order valence-corrected chi connectivity index (χ4v) is 2.64.